The summed E-state index contributed by atoms with van der Waals surface area (Å²) in [6.45, 7) is 3.63. The number of benzene rings is 1. The van der Waals surface area contributed by atoms with E-state index in [0.717, 1.165) is 16.5 Å². The monoisotopic (exact) mass is 323 g/mol. The van der Waals surface area contributed by atoms with Crippen molar-refractivity contribution >= 4 is 22.9 Å². The summed E-state index contributed by atoms with van der Waals surface area (Å²) in [5.41, 5.74) is 1.95. The number of piperidine rings is 1. The van der Waals surface area contributed by atoms with Crippen LogP contribution in [0.2, 0.25) is 0 Å². The van der Waals surface area contributed by atoms with Gasteiger partial charge in [0.15, 0.2) is 5.60 Å². The molecule has 1 spiro atoms. The van der Waals surface area contributed by atoms with E-state index in [9.17, 15) is 10.1 Å². The summed E-state index contributed by atoms with van der Waals surface area (Å²) in [6.07, 6.45) is 0.773. The number of ether oxygens (including phenoxy) is 2. The van der Waals surface area contributed by atoms with Crippen molar-refractivity contribution in [2.24, 2.45) is 0 Å². The van der Waals surface area contributed by atoms with Crippen LogP contribution in [-0.2, 0) is 9.47 Å². The Morgan fingerprint density at radius 1 is 1.29 bits per heavy atom. The van der Waals surface area contributed by atoms with E-state index in [1.807, 2.05) is 31.2 Å². The third-order valence-electron chi connectivity index (χ3n) is 4.97. The number of aromatic nitrogens is 1. The molecule has 2 aliphatic heterocycles. The maximum absolute atomic E-state index is 11.2. The summed E-state index contributed by atoms with van der Waals surface area (Å²) in [5.74, 6) is 0.716. The van der Waals surface area contributed by atoms with Gasteiger partial charge in [-0.15, -0.1) is 0 Å². The minimum atomic E-state index is -0.583. The van der Waals surface area contributed by atoms with Gasteiger partial charge in [-0.2, -0.15) is 5.26 Å². The number of hydrogen-bond donors (Lipinski definition) is 0. The number of rotatable bonds is 1. The first-order chi connectivity index (χ1) is 11.6. The molecule has 2 fully saturated rings. The van der Waals surface area contributed by atoms with Crippen molar-refractivity contribution in [2.45, 2.75) is 25.4 Å². The lowest BCUT2D eigenvalue weighted by Crippen LogP contribution is -2.46. The second-order valence-electron chi connectivity index (χ2n) is 6.38. The Hall–Kier alpha value is -2.81. The van der Waals surface area contributed by atoms with Crippen LogP contribution in [-0.4, -0.2) is 36.4 Å². The summed E-state index contributed by atoms with van der Waals surface area (Å²) in [6, 6.07) is 10.2. The predicted octanol–water partition coefficient (Wildman–Crippen LogP) is 2.92. The molecular weight excluding hydrogens is 306 g/mol. The summed E-state index contributed by atoms with van der Waals surface area (Å²) in [5, 5.41) is 10.6. The molecule has 1 aromatic heterocycles. The van der Waals surface area contributed by atoms with Crippen molar-refractivity contribution in [3.8, 4) is 6.07 Å². The fourth-order valence-electron chi connectivity index (χ4n) is 3.52. The number of carbonyl (C=O) groups excluding carboxylic acids is 1. The molecule has 0 unspecified atom stereocenters. The van der Waals surface area contributed by atoms with Gasteiger partial charge < -0.3 is 14.4 Å². The van der Waals surface area contributed by atoms with Crippen molar-refractivity contribution < 1.29 is 14.3 Å². The van der Waals surface area contributed by atoms with E-state index < -0.39 is 11.8 Å². The molecule has 0 bridgehead atoms. The molecule has 4 rings (SSSR count). The van der Waals surface area contributed by atoms with Crippen molar-refractivity contribution in [2.75, 3.05) is 24.6 Å². The molecule has 2 aliphatic rings. The Balaban J connectivity index is 1.68. The van der Waals surface area contributed by atoms with Crippen LogP contribution in [0.3, 0.4) is 0 Å². The highest BCUT2D eigenvalue weighted by molar-refractivity contribution is 5.87. The van der Waals surface area contributed by atoms with Gasteiger partial charge in [-0.3, -0.25) is 0 Å². The molecule has 6 heteroatoms. The van der Waals surface area contributed by atoms with Gasteiger partial charge in [0.1, 0.15) is 18.5 Å². The van der Waals surface area contributed by atoms with Gasteiger partial charge in [0.2, 0.25) is 0 Å². The third-order valence-corrected chi connectivity index (χ3v) is 4.97. The number of nitriles is 1. The highest BCUT2D eigenvalue weighted by atomic mass is 16.8. The number of nitrogens with zero attached hydrogens (tertiary/aromatic N) is 3. The molecule has 122 valence electrons. The van der Waals surface area contributed by atoms with Gasteiger partial charge in [0, 0.05) is 31.3 Å². The van der Waals surface area contributed by atoms with E-state index >= 15 is 0 Å². The van der Waals surface area contributed by atoms with Gasteiger partial charge in [0.05, 0.1) is 11.1 Å². The summed E-state index contributed by atoms with van der Waals surface area (Å²) in [7, 11) is 0. The van der Waals surface area contributed by atoms with E-state index in [0.29, 0.717) is 43.9 Å². The average molecular weight is 323 g/mol. The summed E-state index contributed by atoms with van der Waals surface area (Å²) in [4.78, 5) is 18.1. The Bertz CT molecular complexity index is 864. The molecule has 0 aliphatic carbocycles. The van der Waals surface area contributed by atoms with Crippen molar-refractivity contribution in [3.05, 3.63) is 35.4 Å². The first-order valence-corrected chi connectivity index (χ1v) is 8.02. The van der Waals surface area contributed by atoms with Crippen LogP contribution < -0.4 is 4.90 Å². The van der Waals surface area contributed by atoms with Gasteiger partial charge in [-0.25, -0.2) is 9.78 Å². The van der Waals surface area contributed by atoms with Gasteiger partial charge in [-0.05, 0) is 18.6 Å². The molecule has 1 aromatic carbocycles. The van der Waals surface area contributed by atoms with Crippen molar-refractivity contribution in [1.29, 1.82) is 5.26 Å². The van der Waals surface area contributed by atoms with Crippen LogP contribution in [0.1, 0.15) is 24.0 Å². The van der Waals surface area contributed by atoms with E-state index in [1.54, 1.807) is 0 Å². The molecular formula is C18H17N3O3. The number of hydrogen-bond acceptors (Lipinski definition) is 6. The predicted molar refractivity (Wildman–Crippen MR) is 87.8 cm³/mol. The number of carbonyl (C=O) groups is 1. The molecule has 0 radical (unpaired) electrons. The first-order valence-electron chi connectivity index (χ1n) is 8.02. The van der Waals surface area contributed by atoms with E-state index in [1.165, 1.54) is 0 Å². The van der Waals surface area contributed by atoms with Gasteiger partial charge in [0.25, 0.3) is 0 Å². The Morgan fingerprint density at radius 3 is 2.71 bits per heavy atom. The maximum atomic E-state index is 11.2. The number of fused-ring (bicyclic) bond motifs is 1. The van der Waals surface area contributed by atoms with Crippen LogP contribution in [0.15, 0.2) is 24.3 Å². The average Bonchev–Trinajstić information content (AvgIpc) is 2.96. The fraction of sp³-hybridized carbons (Fsp3) is 0.389. The minimum absolute atomic E-state index is 0.314. The quantitative estimate of drug-likeness (QED) is 0.751. The molecule has 6 nitrogen and oxygen atoms in total. The van der Waals surface area contributed by atoms with Crippen LogP contribution >= 0.6 is 0 Å². The summed E-state index contributed by atoms with van der Waals surface area (Å²) < 4.78 is 10.3. The van der Waals surface area contributed by atoms with E-state index in [-0.39, 0.29) is 0 Å². The maximum Gasteiger partial charge on any atom is 0.509 e. The van der Waals surface area contributed by atoms with Gasteiger partial charge in [-0.1, -0.05) is 18.2 Å². The van der Waals surface area contributed by atoms with Gasteiger partial charge >= 0.3 is 6.16 Å². The largest absolute Gasteiger partial charge is 0.509 e. The Labute approximate surface area is 139 Å². The normalized spacial score (nSPS) is 19.2. The molecule has 24 heavy (non-hydrogen) atoms. The topological polar surface area (TPSA) is 75.5 Å². The first kappa shape index (κ1) is 14.8. The number of para-hydroxylation sites is 1. The summed E-state index contributed by atoms with van der Waals surface area (Å²) >= 11 is 0. The highest BCUT2D eigenvalue weighted by Crippen LogP contribution is 2.35. The number of anilines is 1. The van der Waals surface area contributed by atoms with Crippen LogP contribution in [0, 0.1) is 18.3 Å². The van der Waals surface area contributed by atoms with Crippen molar-refractivity contribution in [3.63, 3.8) is 0 Å². The van der Waals surface area contributed by atoms with E-state index in [4.69, 9.17) is 14.5 Å². The second kappa shape index (κ2) is 5.38. The fourth-order valence-corrected chi connectivity index (χ4v) is 3.52. The standard InChI is InChI=1S/C18H17N3O3/c1-12-13-4-2-3-5-15(13)20-16(14(12)10-19)21-8-6-18(7-9-21)11-23-17(22)24-18/h2-5H,6-9,11H2,1H3. The van der Waals surface area contributed by atoms with Crippen molar-refractivity contribution in [1.82, 2.24) is 4.98 Å². The molecule has 2 aromatic rings. The molecule has 0 amide bonds. The molecule has 3 heterocycles. The van der Waals surface area contributed by atoms with E-state index in [2.05, 4.69) is 11.0 Å². The zero-order valence-electron chi connectivity index (χ0n) is 13.4. The lowest BCUT2D eigenvalue weighted by atomic mass is 9.92. The zero-order valence-corrected chi connectivity index (χ0v) is 13.4. The number of cyclic esters (lactones) is 1. The third kappa shape index (κ3) is 2.24. The zero-order chi connectivity index (χ0) is 16.7. The van der Waals surface area contributed by atoms with Crippen LogP contribution in [0.25, 0.3) is 10.9 Å². The number of pyridine rings is 1. The van der Waals surface area contributed by atoms with Crippen LogP contribution in [0.5, 0.6) is 0 Å². The minimum Gasteiger partial charge on any atom is -0.430 e. The molecule has 0 atom stereocenters. The highest BCUT2D eigenvalue weighted by Gasteiger charge is 2.45. The molecule has 0 saturated carbocycles. The van der Waals surface area contributed by atoms with Crippen LogP contribution in [0.4, 0.5) is 10.6 Å². The number of aryl methyl sites for hydroxylation is 1. The molecule has 2 saturated heterocycles. The lowest BCUT2D eigenvalue weighted by Gasteiger charge is -2.37. The Morgan fingerprint density at radius 2 is 2.04 bits per heavy atom. The Kier molecular flexibility index (Phi) is 3.31. The second-order valence-corrected chi connectivity index (χ2v) is 6.38. The molecule has 0 N–H and O–H groups in total. The smallest absolute Gasteiger partial charge is 0.430 e. The SMILES string of the molecule is Cc1c(C#N)c(N2CCC3(CC2)COC(=O)O3)nc2ccccc12. The lowest BCUT2D eigenvalue weighted by molar-refractivity contribution is 0.0366.